The molecule has 146 valence electrons. The van der Waals surface area contributed by atoms with Crippen LogP contribution in [0, 0.1) is 6.92 Å². The molecule has 1 atom stereocenters. The van der Waals surface area contributed by atoms with E-state index in [1.807, 2.05) is 12.1 Å². The predicted molar refractivity (Wildman–Crippen MR) is 112 cm³/mol. The van der Waals surface area contributed by atoms with Gasteiger partial charge >= 0.3 is 5.97 Å². The summed E-state index contributed by atoms with van der Waals surface area (Å²) in [6, 6.07) is 15.3. The first-order valence-electron chi connectivity index (χ1n) is 9.43. The van der Waals surface area contributed by atoms with Crippen molar-refractivity contribution >= 4 is 33.2 Å². The van der Waals surface area contributed by atoms with E-state index in [9.17, 15) is 9.59 Å². The Morgan fingerprint density at radius 2 is 1.79 bits per heavy atom. The predicted octanol–water partition coefficient (Wildman–Crippen LogP) is 5.36. The quantitative estimate of drug-likeness (QED) is 0.380. The number of ether oxygens (including phenoxy) is 2. The van der Waals surface area contributed by atoms with Gasteiger partial charge in [0.2, 0.25) is 0 Å². The molecule has 1 unspecified atom stereocenters. The molecule has 4 nitrogen and oxygen atoms in total. The van der Waals surface area contributed by atoms with Gasteiger partial charge in [0.25, 0.3) is 0 Å². The molecule has 0 fully saturated rings. The molecule has 3 rings (SSSR count). The largest absolute Gasteiger partial charge is 0.479 e. The maximum absolute atomic E-state index is 12.6. The number of hydrogen-bond acceptors (Lipinski definition) is 5. The van der Waals surface area contributed by atoms with Crippen LogP contribution in [0.25, 0.3) is 10.1 Å². The molecule has 0 saturated carbocycles. The Morgan fingerprint density at radius 3 is 2.46 bits per heavy atom. The van der Waals surface area contributed by atoms with Crippen molar-refractivity contribution in [2.75, 3.05) is 6.61 Å². The molecule has 0 aliphatic rings. The fraction of sp³-hybridized carbons (Fsp3) is 0.304. The van der Waals surface area contributed by atoms with Crippen LogP contribution in [0.15, 0.2) is 48.5 Å². The molecule has 0 saturated heterocycles. The van der Waals surface area contributed by atoms with E-state index in [-0.39, 0.29) is 5.78 Å². The summed E-state index contributed by atoms with van der Waals surface area (Å²) in [6.45, 7) is 5.84. The van der Waals surface area contributed by atoms with Crippen LogP contribution >= 0.6 is 11.3 Å². The van der Waals surface area contributed by atoms with Crippen LogP contribution < -0.4 is 4.74 Å². The second-order valence-electron chi connectivity index (χ2n) is 6.61. The number of carbonyl (C=O) groups is 2. The first-order valence-corrected chi connectivity index (χ1v) is 10.2. The van der Waals surface area contributed by atoms with Crippen molar-refractivity contribution < 1.29 is 19.1 Å². The summed E-state index contributed by atoms with van der Waals surface area (Å²) < 4.78 is 11.7. The van der Waals surface area contributed by atoms with Crippen LogP contribution in [-0.4, -0.2) is 24.5 Å². The van der Waals surface area contributed by atoms with Crippen molar-refractivity contribution in [3.63, 3.8) is 0 Å². The Hall–Kier alpha value is -2.66. The van der Waals surface area contributed by atoms with Gasteiger partial charge in [-0.05, 0) is 68.5 Å². The van der Waals surface area contributed by atoms with E-state index < -0.39 is 12.1 Å². The Bertz CT molecular complexity index is 972. The first kappa shape index (κ1) is 20.1. The maximum atomic E-state index is 12.6. The summed E-state index contributed by atoms with van der Waals surface area (Å²) in [6.07, 6.45) is 0.521. The Balaban J connectivity index is 1.60. The van der Waals surface area contributed by atoms with Gasteiger partial charge in [-0.3, -0.25) is 4.79 Å². The summed E-state index contributed by atoms with van der Waals surface area (Å²) in [5.41, 5.74) is 1.92. The highest BCUT2D eigenvalue weighted by atomic mass is 32.1. The van der Waals surface area contributed by atoms with Crippen LogP contribution in [-0.2, 0) is 16.0 Å². The fourth-order valence-electron chi connectivity index (χ4n) is 3.07. The van der Waals surface area contributed by atoms with Crippen LogP contribution in [0.3, 0.4) is 0 Å². The zero-order valence-corrected chi connectivity index (χ0v) is 17.2. The SMILES string of the molecule is CCOC(=O)C(C)Oc1ccc(C(=O)CCc2sc3ccccc3c2C)cc1. The minimum Gasteiger partial charge on any atom is -0.479 e. The first-order chi connectivity index (χ1) is 13.5. The highest BCUT2D eigenvalue weighted by Crippen LogP contribution is 2.31. The summed E-state index contributed by atoms with van der Waals surface area (Å²) in [4.78, 5) is 25.5. The zero-order chi connectivity index (χ0) is 20.1. The molecular formula is C23H24O4S. The number of esters is 1. The normalized spacial score (nSPS) is 12.0. The molecule has 28 heavy (non-hydrogen) atoms. The van der Waals surface area contributed by atoms with Crippen LogP contribution in [0.4, 0.5) is 0 Å². The molecule has 1 aromatic heterocycles. The van der Waals surface area contributed by atoms with Crippen molar-refractivity contribution in [2.24, 2.45) is 0 Å². The van der Waals surface area contributed by atoms with Crippen molar-refractivity contribution in [3.8, 4) is 5.75 Å². The van der Waals surface area contributed by atoms with Crippen molar-refractivity contribution in [1.82, 2.24) is 0 Å². The van der Waals surface area contributed by atoms with Gasteiger partial charge in [-0.2, -0.15) is 0 Å². The summed E-state index contributed by atoms with van der Waals surface area (Å²) in [5, 5.41) is 1.27. The standard InChI is InChI=1S/C23H24O4S/c1-4-26-23(25)16(3)27-18-11-9-17(10-12-18)20(24)13-14-21-15(2)19-7-5-6-8-22(19)28-21/h5-12,16H,4,13-14H2,1-3H3. The Labute approximate surface area is 169 Å². The number of rotatable bonds is 8. The third-order valence-corrected chi connectivity index (χ3v) is 5.96. The van der Waals surface area contributed by atoms with E-state index in [4.69, 9.17) is 9.47 Å². The lowest BCUT2D eigenvalue weighted by molar-refractivity contribution is -0.150. The van der Waals surface area contributed by atoms with Crippen LogP contribution in [0.5, 0.6) is 5.75 Å². The van der Waals surface area contributed by atoms with Gasteiger partial charge in [0.05, 0.1) is 6.61 Å². The number of ketones is 1. The minimum atomic E-state index is -0.683. The Kier molecular flexibility index (Phi) is 6.47. The van der Waals surface area contributed by atoms with Gasteiger partial charge in [-0.15, -0.1) is 11.3 Å². The molecule has 0 spiro atoms. The number of fused-ring (bicyclic) bond motifs is 1. The second kappa shape index (κ2) is 9.02. The zero-order valence-electron chi connectivity index (χ0n) is 16.4. The Morgan fingerprint density at radius 1 is 1.07 bits per heavy atom. The third-order valence-electron chi connectivity index (χ3n) is 4.63. The summed E-state index contributed by atoms with van der Waals surface area (Å²) in [5.74, 6) is 0.237. The van der Waals surface area contributed by atoms with Gasteiger partial charge in [0.15, 0.2) is 11.9 Å². The molecule has 1 heterocycles. The monoisotopic (exact) mass is 396 g/mol. The van der Waals surface area contributed by atoms with Crippen molar-refractivity contribution in [2.45, 2.75) is 39.7 Å². The average molecular weight is 397 g/mol. The van der Waals surface area contributed by atoms with E-state index in [2.05, 4.69) is 19.1 Å². The van der Waals surface area contributed by atoms with Gasteiger partial charge in [-0.25, -0.2) is 4.79 Å². The maximum Gasteiger partial charge on any atom is 0.347 e. The number of Topliss-reactive ketones (excluding diaryl/α,β-unsaturated/α-hetero) is 1. The van der Waals surface area contributed by atoms with Gasteiger partial charge in [0.1, 0.15) is 5.75 Å². The van der Waals surface area contributed by atoms with Crippen LogP contribution in [0.1, 0.15) is 41.1 Å². The smallest absolute Gasteiger partial charge is 0.347 e. The number of benzene rings is 2. The molecule has 0 aliphatic heterocycles. The number of aryl methyl sites for hydroxylation is 2. The summed E-state index contributed by atoms with van der Waals surface area (Å²) >= 11 is 1.76. The molecular weight excluding hydrogens is 372 g/mol. The van der Waals surface area contributed by atoms with Crippen LogP contribution in [0.2, 0.25) is 0 Å². The van der Waals surface area contributed by atoms with Crippen molar-refractivity contribution in [1.29, 1.82) is 0 Å². The molecule has 0 amide bonds. The molecule has 0 radical (unpaired) electrons. The lowest BCUT2D eigenvalue weighted by Crippen LogP contribution is -2.26. The van der Waals surface area contributed by atoms with E-state index in [1.54, 1.807) is 49.4 Å². The topological polar surface area (TPSA) is 52.6 Å². The molecule has 0 N–H and O–H groups in total. The van der Waals surface area contributed by atoms with Crippen molar-refractivity contribution in [3.05, 3.63) is 64.5 Å². The number of hydrogen-bond donors (Lipinski definition) is 0. The molecule has 0 bridgehead atoms. The lowest BCUT2D eigenvalue weighted by atomic mass is 10.0. The second-order valence-corrected chi connectivity index (χ2v) is 7.74. The lowest BCUT2D eigenvalue weighted by Gasteiger charge is -2.13. The number of thiophene rings is 1. The number of carbonyl (C=O) groups excluding carboxylic acids is 2. The molecule has 5 heteroatoms. The fourth-order valence-corrected chi connectivity index (χ4v) is 4.28. The average Bonchev–Trinajstić information content (AvgIpc) is 3.03. The van der Waals surface area contributed by atoms with E-state index >= 15 is 0 Å². The third kappa shape index (κ3) is 4.60. The highest BCUT2D eigenvalue weighted by molar-refractivity contribution is 7.19. The summed E-state index contributed by atoms with van der Waals surface area (Å²) in [7, 11) is 0. The highest BCUT2D eigenvalue weighted by Gasteiger charge is 2.16. The van der Waals surface area contributed by atoms with E-state index in [0.717, 1.165) is 6.42 Å². The molecule has 0 aliphatic carbocycles. The van der Waals surface area contributed by atoms with E-state index in [0.29, 0.717) is 24.3 Å². The van der Waals surface area contributed by atoms with Gasteiger partial charge in [-0.1, -0.05) is 18.2 Å². The van der Waals surface area contributed by atoms with Gasteiger partial charge in [0, 0.05) is 21.6 Å². The molecule has 2 aromatic carbocycles. The molecule has 3 aromatic rings. The minimum absolute atomic E-state index is 0.0989. The van der Waals surface area contributed by atoms with Gasteiger partial charge < -0.3 is 9.47 Å². The van der Waals surface area contributed by atoms with E-state index in [1.165, 1.54) is 20.5 Å².